The zero-order valence-corrected chi connectivity index (χ0v) is 19.9. The molecule has 172 valence electrons. The fourth-order valence-electron chi connectivity index (χ4n) is 6.41. The summed E-state index contributed by atoms with van der Waals surface area (Å²) in [6.07, 6.45) is 7.74. The van der Waals surface area contributed by atoms with Gasteiger partial charge >= 0.3 is 0 Å². The Morgan fingerprint density at radius 3 is 1.11 bits per heavy atom. The second-order valence-corrected chi connectivity index (χ2v) is 9.88. The molecule has 0 spiro atoms. The summed E-state index contributed by atoms with van der Waals surface area (Å²) in [6.45, 7) is 0. The minimum Gasteiger partial charge on any atom is -0.265 e. The first-order valence-electron chi connectivity index (χ1n) is 12.6. The van der Waals surface area contributed by atoms with Gasteiger partial charge in [0.15, 0.2) is 0 Å². The van der Waals surface area contributed by atoms with Gasteiger partial charge in [-0.05, 0) is 91.7 Å². The van der Waals surface area contributed by atoms with Crippen LogP contribution in [0.1, 0.15) is 45.9 Å². The van der Waals surface area contributed by atoms with Gasteiger partial charge in [-0.15, -0.1) is 0 Å². The molecule has 1 fully saturated rings. The molecule has 2 heterocycles. The van der Waals surface area contributed by atoms with Crippen LogP contribution >= 0.6 is 0 Å². The molecule has 7 rings (SSSR count). The minimum absolute atomic E-state index is 0.355. The van der Waals surface area contributed by atoms with Gasteiger partial charge in [0.2, 0.25) is 0 Å². The van der Waals surface area contributed by atoms with Crippen molar-refractivity contribution in [3.05, 3.63) is 156 Å². The largest absolute Gasteiger partial charge is 0.265 e. The van der Waals surface area contributed by atoms with E-state index >= 15 is 0 Å². The molecular weight excluding hydrogens is 436 g/mol. The molecule has 0 bridgehead atoms. The van der Waals surface area contributed by atoms with Crippen LogP contribution in [-0.4, -0.2) is 9.97 Å². The van der Waals surface area contributed by atoms with Crippen LogP contribution < -0.4 is 0 Å². The van der Waals surface area contributed by atoms with Gasteiger partial charge in [0.25, 0.3) is 0 Å². The Kier molecular flexibility index (Phi) is 5.10. The number of pyridine rings is 2. The Morgan fingerprint density at radius 2 is 0.694 bits per heavy atom. The highest BCUT2D eigenvalue weighted by Gasteiger charge is 2.52. The van der Waals surface area contributed by atoms with Crippen LogP contribution in [0.15, 0.2) is 134 Å². The monoisotopic (exact) mass is 462 g/mol. The lowest BCUT2D eigenvalue weighted by atomic mass is 9.49. The lowest BCUT2D eigenvalue weighted by Crippen LogP contribution is -2.40. The highest BCUT2D eigenvalue weighted by atomic mass is 14.6. The Labute approximate surface area is 211 Å². The summed E-state index contributed by atoms with van der Waals surface area (Å²) < 4.78 is 0. The first kappa shape index (κ1) is 21.0. The number of hydrogen-bond acceptors (Lipinski definition) is 2. The predicted molar refractivity (Wildman–Crippen MR) is 147 cm³/mol. The van der Waals surface area contributed by atoms with Crippen molar-refractivity contribution in [2.75, 3.05) is 0 Å². The molecule has 2 aromatic heterocycles. The lowest BCUT2D eigenvalue weighted by Gasteiger charge is -2.53. The maximum atomic E-state index is 4.33. The highest BCUT2D eigenvalue weighted by molar-refractivity contribution is 5.84. The van der Waals surface area contributed by atoms with Gasteiger partial charge in [0.05, 0.1) is 0 Å². The van der Waals surface area contributed by atoms with Crippen LogP contribution in [0.5, 0.6) is 0 Å². The van der Waals surface area contributed by atoms with Gasteiger partial charge in [0.1, 0.15) is 0 Å². The van der Waals surface area contributed by atoms with Crippen molar-refractivity contribution in [2.45, 2.75) is 23.7 Å². The quantitative estimate of drug-likeness (QED) is 0.264. The number of aromatic nitrogens is 2. The second kappa shape index (κ2) is 8.73. The van der Waals surface area contributed by atoms with E-state index in [-0.39, 0.29) is 0 Å². The number of fused-ring (bicyclic) bond motifs is 2. The average Bonchev–Trinajstić information content (AvgIpc) is 2.94. The molecule has 1 saturated carbocycles. The molecule has 0 unspecified atom stereocenters. The molecule has 36 heavy (non-hydrogen) atoms. The van der Waals surface area contributed by atoms with Gasteiger partial charge in [-0.2, -0.15) is 0 Å². The molecule has 2 nitrogen and oxygen atoms in total. The van der Waals surface area contributed by atoms with E-state index in [0.717, 1.165) is 0 Å². The van der Waals surface area contributed by atoms with E-state index in [9.17, 15) is 0 Å². The van der Waals surface area contributed by atoms with Crippen molar-refractivity contribution in [3.8, 4) is 0 Å². The molecule has 6 aromatic rings. The van der Waals surface area contributed by atoms with Crippen molar-refractivity contribution in [2.24, 2.45) is 0 Å². The molecule has 2 heteroatoms. The van der Waals surface area contributed by atoms with Crippen LogP contribution in [0.2, 0.25) is 0 Å². The molecule has 1 aliphatic carbocycles. The molecule has 0 amide bonds. The van der Waals surface area contributed by atoms with Gasteiger partial charge in [-0.25, -0.2) is 0 Å². The fraction of sp³-hybridized carbons (Fsp3) is 0.118. The minimum atomic E-state index is 0.355. The molecule has 0 N–H and O–H groups in total. The van der Waals surface area contributed by atoms with Crippen molar-refractivity contribution in [3.63, 3.8) is 0 Å². The van der Waals surface area contributed by atoms with Gasteiger partial charge in [-0.3, -0.25) is 9.97 Å². The summed E-state index contributed by atoms with van der Waals surface area (Å²) >= 11 is 0. The summed E-state index contributed by atoms with van der Waals surface area (Å²) in [5, 5.41) is 5.16. The van der Waals surface area contributed by atoms with E-state index in [1.807, 2.05) is 24.8 Å². The van der Waals surface area contributed by atoms with E-state index in [2.05, 4.69) is 119 Å². The van der Waals surface area contributed by atoms with Crippen molar-refractivity contribution < 1.29 is 0 Å². The van der Waals surface area contributed by atoms with E-state index in [1.165, 1.54) is 43.8 Å². The summed E-state index contributed by atoms with van der Waals surface area (Å²) in [4.78, 5) is 8.67. The first-order valence-corrected chi connectivity index (χ1v) is 12.6. The molecule has 0 radical (unpaired) electrons. The van der Waals surface area contributed by atoms with E-state index in [4.69, 9.17) is 0 Å². The third-order valence-electron chi connectivity index (χ3n) is 8.05. The average molecular weight is 463 g/mol. The van der Waals surface area contributed by atoms with Crippen LogP contribution in [0.4, 0.5) is 0 Å². The Morgan fingerprint density at radius 1 is 0.333 bits per heavy atom. The van der Waals surface area contributed by atoms with Crippen LogP contribution in [0.3, 0.4) is 0 Å². The maximum Gasteiger partial charge on any atom is 0.0270 e. The third-order valence-corrected chi connectivity index (χ3v) is 8.05. The molecule has 4 aromatic carbocycles. The molecular formula is C34H26N2. The van der Waals surface area contributed by atoms with Gasteiger partial charge in [-0.1, -0.05) is 84.9 Å². The predicted octanol–water partition coefficient (Wildman–Crippen LogP) is 8.23. The Balaban J connectivity index is 1.43. The fourth-order valence-corrected chi connectivity index (χ4v) is 6.41. The Bertz CT molecular complexity index is 1520. The van der Waals surface area contributed by atoms with Crippen LogP contribution in [0, 0.1) is 0 Å². The number of benzene rings is 4. The molecule has 0 atom stereocenters. The zero-order valence-electron chi connectivity index (χ0n) is 19.9. The zero-order chi connectivity index (χ0) is 23.9. The van der Waals surface area contributed by atoms with Crippen molar-refractivity contribution >= 4 is 21.5 Å². The van der Waals surface area contributed by atoms with Crippen molar-refractivity contribution in [1.29, 1.82) is 0 Å². The Hall–Kier alpha value is -4.30. The van der Waals surface area contributed by atoms with E-state index in [1.54, 1.807) is 0 Å². The summed E-state index contributed by atoms with van der Waals surface area (Å²) in [6, 6.07) is 40.2. The first-order chi connectivity index (χ1) is 17.9. The second-order valence-electron chi connectivity index (χ2n) is 9.88. The molecule has 1 aliphatic rings. The van der Waals surface area contributed by atoms with Crippen LogP contribution in [-0.2, 0) is 0 Å². The van der Waals surface area contributed by atoms with E-state index < -0.39 is 0 Å². The molecule has 0 saturated heterocycles. The van der Waals surface area contributed by atoms with Crippen LogP contribution in [0.25, 0.3) is 21.5 Å². The normalized spacial score (nSPS) is 21.3. The summed E-state index contributed by atoms with van der Waals surface area (Å²) in [7, 11) is 0. The standard InChI is InChI=1S/C34H26N2/c1-3-7-27-21-29(11-9-23(27)5-1)33-31(25-13-17-35-18-14-25)34(32(33)26-15-19-36-20-16-26)30-12-10-24-6-2-4-8-28(24)22-30/h1-22,31-34H. The topological polar surface area (TPSA) is 25.8 Å². The summed E-state index contributed by atoms with van der Waals surface area (Å²) in [5.74, 6) is 1.42. The molecule has 0 aliphatic heterocycles. The maximum absolute atomic E-state index is 4.33. The number of hydrogen-bond donors (Lipinski definition) is 0. The highest BCUT2D eigenvalue weighted by Crippen LogP contribution is 2.66. The SMILES string of the molecule is c1ccc2cc(C3C(c4ccncc4)C(c4ccc5ccccc5c4)C3c3ccncc3)ccc2c1. The number of rotatable bonds is 4. The lowest BCUT2D eigenvalue weighted by molar-refractivity contribution is 0.229. The van der Waals surface area contributed by atoms with Crippen molar-refractivity contribution in [1.82, 2.24) is 9.97 Å². The van der Waals surface area contributed by atoms with Gasteiger partial charge in [0, 0.05) is 24.8 Å². The van der Waals surface area contributed by atoms with Gasteiger partial charge < -0.3 is 0 Å². The smallest absolute Gasteiger partial charge is 0.0270 e. The summed E-state index contributed by atoms with van der Waals surface area (Å²) in [5.41, 5.74) is 5.50. The number of nitrogens with zero attached hydrogens (tertiary/aromatic N) is 2. The third kappa shape index (κ3) is 3.49. The van der Waals surface area contributed by atoms with E-state index in [0.29, 0.717) is 23.7 Å².